The number of benzene rings is 2. The molecular formula is C19H13ClFN5OS. The summed E-state index contributed by atoms with van der Waals surface area (Å²) in [5.74, 6) is 0.189. The van der Waals surface area contributed by atoms with E-state index >= 15 is 0 Å². The molecular weight excluding hydrogens is 401 g/mol. The first-order valence-electron chi connectivity index (χ1n) is 8.25. The van der Waals surface area contributed by atoms with Crippen LogP contribution < -0.4 is 5.32 Å². The summed E-state index contributed by atoms with van der Waals surface area (Å²) in [5.41, 5.74) is 1.98. The van der Waals surface area contributed by atoms with Crippen molar-refractivity contribution < 1.29 is 9.18 Å². The highest BCUT2D eigenvalue weighted by Crippen LogP contribution is 2.22. The minimum absolute atomic E-state index is 0.161. The first-order valence-corrected chi connectivity index (χ1v) is 9.61. The third-order valence-corrected chi connectivity index (χ3v) is 4.99. The molecule has 0 fully saturated rings. The number of fused-ring (bicyclic) bond motifs is 1. The Bertz CT molecular complexity index is 1130. The number of carbonyl (C=O) groups is 1. The lowest BCUT2D eigenvalue weighted by Crippen LogP contribution is -2.14. The maximum Gasteiger partial charge on any atom is 0.234 e. The Morgan fingerprint density at radius 3 is 2.54 bits per heavy atom. The van der Waals surface area contributed by atoms with Crippen molar-refractivity contribution in [3.8, 4) is 11.4 Å². The Hall–Kier alpha value is -2.97. The Morgan fingerprint density at radius 2 is 1.79 bits per heavy atom. The van der Waals surface area contributed by atoms with Crippen LogP contribution in [-0.4, -0.2) is 31.5 Å². The van der Waals surface area contributed by atoms with Crippen LogP contribution in [0.1, 0.15) is 0 Å². The predicted molar refractivity (Wildman–Crippen MR) is 107 cm³/mol. The maximum atomic E-state index is 12.9. The lowest BCUT2D eigenvalue weighted by Gasteiger charge is -2.05. The number of aromatic nitrogens is 4. The van der Waals surface area contributed by atoms with E-state index < -0.39 is 0 Å². The van der Waals surface area contributed by atoms with E-state index in [-0.39, 0.29) is 17.5 Å². The number of amides is 1. The molecule has 0 aliphatic heterocycles. The van der Waals surface area contributed by atoms with Crippen molar-refractivity contribution in [3.05, 3.63) is 71.5 Å². The fourth-order valence-electron chi connectivity index (χ4n) is 2.50. The molecule has 28 heavy (non-hydrogen) atoms. The lowest BCUT2D eigenvalue weighted by atomic mass is 10.2. The van der Waals surface area contributed by atoms with Crippen LogP contribution >= 0.6 is 23.4 Å². The van der Waals surface area contributed by atoms with E-state index in [0.717, 1.165) is 5.56 Å². The zero-order chi connectivity index (χ0) is 19.5. The van der Waals surface area contributed by atoms with Crippen LogP contribution in [0, 0.1) is 5.82 Å². The smallest absolute Gasteiger partial charge is 0.234 e. The van der Waals surface area contributed by atoms with Crippen molar-refractivity contribution in [2.45, 2.75) is 5.03 Å². The molecule has 140 valence electrons. The molecule has 0 saturated carbocycles. The fraction of sp³-hybridized carbons (Fsp3) is 0.0526. The van der Waals surface area contributed by atoms with Gasteiger partial charge < -0.3 is 5.32 Å². The van der Waals surface area contributed by atoms with Crippen molar-refractivity contribution in [3.63, 3.8) is 0 Å². The summed E-state index contributed by atoms with van der Waals surface area (Å²) >= 11 is 7.22. The number of nitrogens with zero attached hydrogens (tertiary/aromatic N) is 4. The van der Waals surface area contributed by atoms with Gasteiger partial charge >= 0.3 is 0 Å². The summed E-state index contributed by atoms with van der Waals surface area (Å²) in [6.45, 7) is 0. The predicted octanol–water partition coefficient (Wildman–Crippen LogP) is 4.31. The zero-order valence-electron chi connectivity index (χ0n) is 14.3. The van der Waals surface area contributed by atoms with Crippen LogP contribution in [0.25, 0.3) is 17.0 Å². The molecule has 2 aromatic heterocycles. The zero-order valence-corrected chi connectivity index (χ0v) is 15.9. The van der Waals surface area contributed by atoms with Crippen molar-refractivity contribution in [2.24, 2.45) is 0 Å². The molecule has 0 aliphatic carbocycles. The van der Waals surface area contributed by atoms with Gasteiger partial charge in [-0.15, -0.1) is 10.2 Å². The molecule has 0 unspecified atom stereocenters. The largest absolute Gasteiger partial charge is 0.325 e. The van der Waals surface area contributed by atoms with Crippen molar-refractivity contribution in [1.82, 2.24) is 19.8 Å². The molecule has 0 radical (unpaired) electrons. The number of hydrogen-bond acceptors (Lipinski definition) is 5. The van der Waals surface area contributed by atoms with Crippen molar-refractivity contribution in [2.75, 3.05) is 11.1 Å². The Morgan fingerprint density at radius 1 is 1.04 bits per heavy atom. The Kier molecular flexibility index (Phi) is 5.23. The molecule has 4 aromatic rings. The van der Waals surface area contributed by atoms with E-state index in [2.05, 4.69) is 20.6 Å². The van der Waals surface area contributed by atoms with Crippen LogP contribution in [0.15, 0.2) is 65.7 Å². The van der Waals surface area contributed by atoms with Gasteiger partial charge in [0.1, 0.15) is 10.8 Å². The van der Waals surface area contributed by atoms with Crippen molar-refractivity contribution >= 4 is 40.6 Å². The van der Waals surface area contributed by atoms with E-state index in [9.17, 15) is 9.18 Å². The molecule has 0 spiro atoms. The second kappa shape index (κ2) is 7.95. The molecule has 0 aliphatic rings. The number of halogens is 2. The van der Waals surface area contributed by atoms with Crippen molar-refractivity contribution in [1.29, 1.82) is 0 Å². The molecule has 4 rings (SSSR count). The molecule has 2 heterocycles. The number of rotatable bonds is 5. The molecule has 0 bridgehead atoms. The molecule has 6 nitrogen and oxygen atoms in total. The van der Waals surface area contributed by atoms with E-state index in [1.165, 1.54) is 36.0 Å². The second-order valence-electron chi connectivity index (χ2n) is 5.82. The molecule has 2 aromatic carbocycles. The summed E-state index contributed by atoms with van der Waals surface area (Å²) in [5, 5.41) is 16.8. The molecule has 1 amide bonds. The Balaban J connectivity index is 1.48. The number of thioether (sulfide) groups is 1. The fourth-order valence-corrected chi connectivity index (χ4v) is 3.28. The minimum Gasteiger partial charge on any atom is -0.325 e. The van der Waals surface area contributed by atoms with Gasteiger partial charge in [0.25, 0.3) is 0 Å². The number of anilines is 1. The normalized spacial score (nSPS) is 10.9. The highest BCUT2D eigenvalue weighted by molar-refractivity contribution is 7.99. The highest BCUT2D eigenvalue weighted by atomic mass is 35.5. The summed E-state index contributed by atoms with van der Waals surface area (Å²) in [6, 6.07) is 16.4. The van der Waals surface area contributed by atoms with Crippen LogP contribution in [0.4, 0.5) is 10.1 Å². The number of nitrogens with one attached hydrogen (secondary N) is 1. The molecule has 9 heteroatoms. The van der Waals surface area contributed by atoms with E-state index in [1.54, 1.807) is 28.8 Å². The van der Waals surface area contributed by atoms with Gasteiger partial charge in [-0.3, -0.25) is 4.79 Å². The van der Waals surface area contributed by atoms with Gasteiger partial charge in [-0.1, -0.05) is 23.4 Å². The monoisotopic (exact) mass is 413 g/mol. The minimum atomic E-state index is -0.352. The van der Waals surface area contributed by atoms with Gasteiger partial charge in [0.2, 0.25) is 5.91 Å². The number of carbonyl (C=O) groups excluding carboxylic acids is 1. The van der Waals surface area contributed by atoms with Gasteiger partial charge in [-0.05, 0) is 60.7 Å². The SMILES string of the molecule is O=C(CSc1ccc2nnc(-c3ccc(Cl)cc3)n2n1)Nc1ccc(F)cc1. The van der Waals surface area contributed by atoms with Crippen LogP contribution in [-0.2, 0) is 4.79 Å². The second-order valence-corrected chi connectivity index (χ2v) is 7.25. The highest BCUT2D eigenvalue weighted by Gasteiger charge is 2.11. The van der Waals surface area contributed by atoms with Gasteiger partial charge in [0.15, 0.2) is 11.5 Å². The molecule has 1 N–H and O–H groups in total. The summed E-state index contributed by atoms with van der Waals surface area (Å²) in [4.78, 5) is 12.1. The maximum absolute atomic E-state index is 12.9. The Labute approximate surface area is 168 Å². The van der Waals surface area contributed by atoms with Crippen LogP contribution in [0.3, 0.4) is 0 Å². The number of hydrogen-bond donors (Lipinski definition) is 1. The van der Waals surface area contributed by atoms with Crippen LogP contribution in [0.5, 0.6) is 0 Å². The van der Waals surface area contributed by atoms with E-state index in [1.807, 2.05) is 12.1 Å². The first kappa shape index (κ1) is 18.4. The lowest BCUT2D eigenvalue weighted by molar-refractivity contribution is -0.113. The van der Waals surface area contributed by atoms with Gasteiger partial charge in [0.05, 0.1) is 5.75 Å². The van der Waals surface area contributed by atoms with Gasteiger partial charge in [0, 0.05) is 16.3 Å². The summed E-state index contributed by atoms with van der Waals surface area (Å²) < 4.78 is 14.6. The third-order valence-electron chi connectivity index (χ3n) is 3.82. The van der Waals surface area contributed by atoms with Gasteiger partial charge in [-0.25, -0.2) is 4.39 Å². The molecule has 0 saturated heterocycles. The molecule has 0 atom stereocenters. The summed E-state index contributed by atoms with van der Waals surface area (Å²) in [6.07, 6.45) is 0. The van der Waals surface area contributed by atoms with Gasteiger partial charge in [-0.2, -0.15) is 9.61 Å². The quantitative estimate of drug-likeness (QED) is 0.493. The average molecular weight is 414 g/mol. The van der Waals surface area contributed by atoms with Crippen LogP contribution in [0.2, 0.25) is 5.02 Å². The summed E-state index contributed by atoms with van der Waals surface area (Å²) in [7, 11) is 0. The topological polar surface area (TPSA) is 72.2 Å². The average Bonchev–Trinajstić information content (AvgIpc) is 3.12. The first-order chi connectivity index (χ1) is 13.6. The van der Waals surface area contributed by atoms with E-state index in [0.29, 0.717) is 27.2 Å². The third kappa shape index (κ3) is 4.13. The van der Waals surface area contributed by atoms with E-state index in [4.69, 9.17) is 11.6 Å². The standard InChI is InChI=1S/C19H13ClFN5OS/c20-13-3-1-12(2-4-13)19-24-23-16-9-10-18(25-26(16)19)28-11-17(27)22-15-7-5-14(21)6-8-15/h1-10H,11H2,(H,22,27).